The van der Waals surface area contributed by atoms with Crippen LogP contribution in [0.1, 0.15) is 5.56 Å². The summed E-state index contributed by atoms with van der Waals surface area (Å²) in [6.07, 6.45) is 0. The Balaban J connectivity index is 2.79. The zero-order valence-corrected chi connectivity index (χ0v) is 9.60. The molecule has 0 amide bonds. The van der Waals surface area contributed by atoms with Crippen LogP contribution in [0.25, 0.3) is 11.0 Å². The molecule has 15 heavy (non-hydrogen) atoms. The predicted octanol–water partition coefficient (Wildman–Crippen LogP) is 3.62. The zero-order valence-electron chi connectivity index (χ0n) is 7.34. The van der Waals surface area contributed by atoms with Crippen LogP contribution in [-0.4, -0.2) is 0 Å². The molecule has 2 aromatic rings. The van der Waals surface area contributed by atoms with Crippen LogP contribution in [0.15, 0.2) is 39.5 Å². The summed E-state index contributed by atoms with van der Waals surface area (Å²) in [6.45, 7) is 0. The summed E-state index contributed by atoms with van der Waals surface area (Å²) >= 11 is 16.9. The second-order valence-electron chi connectivity index (χ2n) is 2.98. The van der Waals surface area contributed by atoms with Gasteiger partial charge in [0.05, 0.1) is 5.56 Å². The highest BCUT2D eigenvalue weighted by molar-refractivity contribution is 6.66. The number of fused-ring (bicyclic) bond motifs is 1. The molecule has 2 rings (SSSR count). The molecule has 0 spiro atoms. The summed E-state index contributed by atoms with van der Waals surface area (Å²) in [4.78, 5) is 11.5. The van der Waals surface area contributed by atoms with E-state index in [4.69, 9.17) is 39.2 Å². The van der Waals surface area contributed by atoms with Crippen LogP contribution in [-0.2, 0) is 3.79 Å². The Morgan fingerprint density at radius 2 is 1.80 bits per heavy atom. The average Bonchev–Trinajstić information content (AvgIpc) is 2.15. The molecule has 0 unspecified atom stereocenters. The van der Waals surface area contributed by atoms with Crippen molar-refractivity contribution in [2.75, 3.05) is 0 Å². The van der Waals surface area contributed by atoms with E-state index in [9.17, 15) is 4.79 Å². The minimum absolute atomic E-state index is 0.0196. The second kappa shape index (κ2) is 3.71. The molecule has 5 heteroatoms. The van der Waals surface area contributed by atoms with E-state index in [0.717, 1.165) is 5.39 Å². The van der Waals surface area contributed by atoms with Gasteiger partial charge in [-0.2, -0.15) is 0 Å². The number of hydrogen-bond acceptors (Lipinski definition) is 2. The minimum atomic E-state index is -1.76. The Morgan fingerprint density at radius 3 is 2.47 bits per heavy atom. The number of halogens is 3. The van der Waals surface area contributed by atoms with Gasteiger partial charge in [-0.15, -0.1) is 0 Å². The third-order valence-corrected chi connectivity index (χ3v) is 2.56. The number of benzene rings is 1. The maximum Gasteiger partial charge on any atom is 0.343 e. The lowest BCUT2D eigenvalue weighted by Crippen LogP contribution is -2.15. The van der Waals surface area contributed by atoms with E-state index in [1.807, 2.05) is 6.07 Å². The van der Waals surface area contributed by atoms with Crippen molar-refractivity contribution in [3.8, 4) is 0 Å². The first-order chi connectivity index (χ1) is 6.98. The Morgan fingerprint density at radius 1 is 1.13 bits per heavy atom. The van der Waals surface area contributed by atoms with Gasteiger partial charge in [0.15, 0.2) is 0 Å². The van der Waals surface area contributed by atoms with Crippen molar-refractivity contribution in [3.63, 3.8) is 0 Å². The lowest BCUT2D eigenvalue weighted by molar-refractivity contribution is 0.552. The van der Waals surface area contributed by atoms with Gasteiger partial charge in [0.2, 0.25) is 3.79 Å². The highest BCUT2D eigenvalue weighted by Gasteiger charge is 2.27. The smallest absolute Gasteiger partial charge is 0.343 e. The fourth-order valence-electron chi connectivity index (χ4n) is 1.26. The molecule has 78 valence electrons. The maximum atomic E-state index is 11.5. The van der Waals surface area contributed by atoms with Gasteiger partial charge in [-0.25, -0.2) is 4.79 Å². The van der Waals surface area contributed by atoms with E-state index in [1.165, 1.54) is 6.07 Å². The Hall–Kier alpha value is -0.700. The number of alkyl halides is 3. The van der Waals surface area contributed by atoms with Crippen LogP contribution in [0.4, 0.5) is 0 Å². The van der Waals surface area contributed by atoms with Gasteiger partial charge in [0.25, 0.3) is 0 Å². The van der Waals surface area contributed by atoms with Crippen LogP contribution in [0.3, 0.4) is 0 Å². The van der Waals surface area contributed by atoms with Crippen LogP contribution >= 0.6 is 34.8 Å². The third kappa shape index (κ3) is 2.12. The first-order valence-electron chi connectivity index (χ1n) is 4.08. The fourth-order valence-corrected chi connectivity index (χ4v) is 1.65. The van der Waals surface area contributed by atoms with Crippen molar-refractivity contribution in [2.45, 2.75) is 3.79 Å². The molecule has 0 radical (unpaired) electrons. The highest BCUT2D eigenvalue weighted by Crippen LogP contribution is 2.37. The van der Waals surface area contributed by atoms with E-state index < -0.39 is 9.42 Å². The summed E-state index contributed by atoms with van der Waals surface area (Å²) in [5.74, 6) is 0. The van der Waals surface area contributed by atoms with Crippen molar-refractivity contribution in [1.82, 2.24) is 0 Å². The molecule has 0 bridgehead atoms. The van der Waals surface area contributed by atoms with Crippen LogP contribution in [0, 0.1) is 0 Å². The van der Waals surface area contributed by atoms with Gasteiger partial charge >= 0.3 is 5.63 Å². The molecule has 0 aliphatic carbocycles. The maximum absolute atomic E-state index is 11.5. The van der Waals surface area contributed by atoms with Gasteiger partial charge in [-0.1, -0.05) is 53.0 Å². The number of para-hydroxylation sites is 1. The molecule has 1 aromatic carbocycles. The van der Waals surface area contributed by atoms with E-state index in [1.54, 1.807) is 18.2 Å². The molecule has 0 aliphatic rings. The highest BCUT2D eigenvalue weighted by atomic mass is 35.6. The molecule has 1 heterocycles. The third-order valence-electron chi connectivity index (χ3n) is 1.95. The Kier molecular flexibility index (Phi) is 2.67. The number of rotatable bonds is 0. The Bertz CT molecular complexity index is 554. The normalized spacial score (nSPS) is 11.9. The van der Waals surface area contributed by atoms with Crippen molar-refractivity contribution >= 4 is 45.8 Å². The first-order valence-corrected chi connectivity index (χ1v) is 5.22. The predicted molar refractivity (Wildman–Crippen MR) is 61.7 cm³/mol. The molecule has 0 aliphatic heterocycles. The van der Waals surface area contributed by atoms with E-state index in [0.29, 0.717) is 5.58 Å². The fraction of sp³-hybridized carbons (Fsp3) is 0.100. The van der Waals surface area contributed by atoms with Gasteiger partial charge in [-0.3, -0.25) is 0 Å². The quantitative estimate of drug-likeness (QED) is 0.537. The molecule has 1 aromatic heterocycles. The van der Waals surface area contributed by atoms with E-state index >= 15 is 0 Å². The minimum Gasteiger partial charge on any atom is -0.422 e. The van der Waals surface area contributed by atoms with Crippen LogP contribution in [0.5, 0.6) is 0 Å². The summed E-state index contributed by atoms with van der Waals surface area (Å²) in [5, 5.41) is 0.721. The molecule has 0 saturated heterocycles. The lowest BCUT2D eigenvalue weighted by atomic mass is 10.2. The molecule has 0 atom stereocenters. The molecule has 2 nitrogen and oxygen atoms in total. The molecule has 0 fully saturated rings. The van der Waals surface area contributed by atoms with Crippen molar-refractivity contribution in [1.29, 1.82) is 0 Å². The van der Waals surface area contributed by atoms with Crippen molar-refractivity contribution in [2.24, 2.45) is 0 Å². The van der Waals surface area contributed by atoms with Gasteiger partial charge in [0, 0.05) is 5.39 Å². The Labute approximate surface area is 100 Å². The monoisotopic (exact) mass is 262 g/mol. The molecule has 0 saturated carbocycles. The van der Waals surface area contributed by atoms with Crippen molar-refractivity contribution < 1.29 is 4.42 Å². The van der Waals surface area contributed by atoms with Gasteiger partial charge in [-0.05, 0) is 12.1 Å². The topological polar surface area (TPSA) is 30.2 Å². The standard InChI is InChI=1S/C10H5Cl3O2/c11-10(12,13)7-5-6-3-1-2-4-8(6)15-9(7)14/h1-5H. The first kappa shape index (κ1) is 10.8. The number of hydrogen-bond donors (Lipinski definition) is 0. The SMILES string of the molecule is O=c1oc2ccccc2cc1C(Cl)(Cl)Cl. The summed E-state index contributed by atoms with van der Waals surface area (Å²) in [5.41, 5.74) is -0.139. The van der Waals surface area contributed by atoms with Gasteiger partial charge in [0.1, 0.15) is 5.58 Å². The summed E-state index contributed by atoms with van der Waals surface area (Å²) < 4.78 is 3.25. The van der Waals surface area contributed by atoms with Crippen molar-refractivity contribution in [3.05, 3.63) is 46.3 Å². The molecule has 0 N–H and O–H groups in total. The zero-order chi connectivity index (χ0) is 11.1. The molecular formula is C10H5Cl3O2. The second-order valence-corrected chi connectivity index (χ2v) is 5.26. The van der Waals surface area contributed by atoms with E-state index in [-0.39, 0.29) is 5.56 Å². The lowest BCUT2D eigenvalue weighted by Gasteiger charge is -2.09. The van der Waals surface area contributed by atoms with Crippen LogP contribution in [0.2, 0.25) is 0 Å². The van der Waals surface area contributed by atoms with Gasteiger partial charge < -0.3 is 4.42 Å². The summed E-state index contributed by atoms with van der Waals surface area (Å²) in [7, 11) is 0. The van der Waals surface area contributed by atoms with Crippen LogP contribution < -0.4 is 5.63 Å². The largest absolute Gasteiger partial charge is 0.422 e. The summed E-state index contributed by atoms with van der Waals surface area (Å²) in [6, 6.07) is 8.55. The average molecular weight is 264 g/mol. The molecular weight excluding hydrogens is 258 g/mol. The van der Waals surface area contributed by atoms with E-state index in [2.05, 4.69) is 0 Å².